The molecule has 0 aromatic heterocycles. The third-order valence-electron chi connectivity index (χ3n) is 6.17. The number of allylic oxidation sites excluding steroid dienone is 2. The summed E-state index contributed by atoms with van der Waals surface area (Å²) in [5, 5.41) is 23.1. The van der Waals surface area contributed by atoms with Gasteiger partial charge in [-0.3, -0.25) is 0 Å². The molecule has 3 saturated carbocycles. The molecule has 17 heavy (non-hydrogen) atoms. The third kappa shape index (κ3) is 0.891. The van der Waals surface area contributed by atoms with E-state index in [1.807, 2.05) is 0 Å². The molecule has 10 atom stereocenters. The molecule has 0 aromatic carbocycles. The molecule has 5 rings (SSSR count). The Kier molecular flexibility index (Phi) is 1.53. The van der Waals surface area contributed by atoms with Gasteiger partial charge in [0.05, 0.1) is 0 Å². The second-order valence-electron chi connectivity index (χ2n) is 6.46. The maximum Gasteiger partial charge on any atom is 0.181 e. The van der Waals surface area contributed by atoms with Crippen molar-refractivity contribution in [1.29, 1.82) is 0 Å². The van der Waals surface area contributed by atoms with Crippen molar-refractivity contribution in [2.75, 3.05) is 0 Å². The molecule has 92 valence electrons. The van der Waals surface area contributed by atoms with Crippen molar-refractivity contribution in [3.05, 3.63) is 22.6 Å². The number of hydrogen-bond acceptors (Lipinski definition) is 3. The van der Waals surface area contributed by atoms with Gasteiger partial charge in [0.15, 0.2) is 12.1 Å². The summed E-state index contributed by atoms with van der Waals surface area (Å²) in [5.74, 6) is 3.60. The number of fused-ring (bicyclic) bond motifs is 12. The van der Waals surface area contributed by atoms with Gasteiger partial charge < -0.3 is 10.4 Å². The minimum absolute atomic E-state index is 0.0819. The van der Waals surface area contributed by atoms with E-state index in [4.69, 9.17) is 4.94 Å². The maximum atomic E-state index is 11.8. The van der Waals surface area contributed by atoms with Gasteiger partial charge >= 0.3 is 0 Å². The van der Waals surface area contributed by atoms with Crippen LogP contribution in [0.3, 0.4) is 0 Å². The third-order valence-corrected chi connectivity index (χ3v) is 6.17. The Balaban J connectivity index is 1.59. The first-order valence-corrected chi connectivity index (χ1v) is 6.69. The minimum Gasteiger partial charge on any atom is -0.595 e. The lowest BCUT2D eigenvalue weighted by Gasteiger charge is -2.36. The highest BCUT2D eigenvalue weighted by Crippen LogP contribution is 2.64. The maximum absolute atomic E-state index is 11.8. The van der Waals surface area contributed by atoms with Crippen LogP contribution in [0.5, 0.6) is 0 Å². The van der Waals surface area contributed by atoms with Crippen LogP contribution in [0.1, 0.15) is 12.8 Å². The van der Waals surface area contributed by atoms with Crippen LogP contribution in [0.2, 0.25) is 0 Å². The molecule has 0 amide bonds. The molecule has 5 heteroatoms. The Morgan fingerprint density at radius 2 is 1.41 bits per heavy atom. The standard InChI is InChI=1S/C12H16N2O3/c15-13-11-7-4-8(12(11)14(16)17-13)10-6-2-1-5(3-6)9(7)10/h1-2,5-14H,3-4H2. The van der Waals surface area contributed by atoms with Crippen LogP contribution in [-0.4, -0.2) is 12.1 Å². The summed E-state index contributed by atoms with van der Waals surface area (Å²) in [5.41, 5.74) is 0. The summed E-state index contributed by atoms with van der Waals surface area (Å²) in [4.78, 5) is 4.87. The Hall–Kier alpha value is -0.460. The van der Waals surface area contributed by atoms with Crippen LogP contribution in [-0.2, 0) is 4.94 Å². The summed E-state index contributed by atoms with van der Waals surface area (Å²) >= 11 is 0. The smallest absolute Gasteiger partial charge is 0.181 e. The molecule has 1 saturated heterocycles. The van der Waals surface area contributed by atoms with E-state index in [2.05, 4.69) is 12.2 Å². The predicted octanol–water partition coefficient (Wildman–Crippen LogP) is -1.56. The number of hydroxylamine groups is 4. The predicted molar refractivity (Wildman–Crippen MR) is 56.6 cm³/mol. The molecule has 0 spiro atoms. The molecule has 4 bridgehead atoms. The van der Waals surface area contributed by atoms with Gasteiger partial charge in [-0.25, -0.2) is 0 Å². The van der Waals surface area contributed by atoms with E-state index in [0.717, 1.165) is 6.42 Å². The number of rotatable bonds is 0. The van der Waals surface area contributed by atoms with Gasteiger partial charge in [-0.1, -0.05) is 12.2 Å². The highest BCUT2D eigenvalue weighted by molar-refractivity contribution is 5.22. The zero-order chi connectivity index (χ0) is 11.3. The fraction of sp³-hybridized carbons (Fsp3) is 0.833. The molecule has 4 fully saturated rings. The van der Waals surface area contributed by atoms with Crippen molar-refractivity contribution in [2.45, 2.75) is 24.9 Å². The summed E-state index contributed by atoms with van der Waals surface area (Å²) in [6.45, 7) is 0. The van der Waals surface area contributed by atoms with Crippen LogP contribution >= 0.6 is 0 Å². The summed E-state index contributed by atoms with van der Waals surface area (Å²) in [6.07, 6.45) is 7.07. The van der Waals surface area contributed by atoms with E-state index in [0.29, 0.717) is 35.5 Å². The number of nitrogens with one attached hydrogen (secondary N) is 2. The topological polar surface area (TPSA) is 64.2 Å². The molecule has 0 aromatic rings. The lowest BCUT2D eigenvalue weighted by atomic mass is 9.70. The van der Waals surface area contributed by atoms with E-state index in [1.165, 1.54) is 6.42 Å². The second kappa shape index (κ2) is 2.75. The van der Waals surface area contributed by atoms with Gasteiger partial charge in [0.2, 0.25) is 0 Å². The SMILES string of the molecule is [O-][NH+]1O[NH+]([O-])C2C3CC(C4C5C=CC(C5)C34)C21. The van der Waals surface area contributed by atoms with Crippen molar-refractivity contribution < 1.29 is 15.4 Å². The Morgan fingerprint density at radius 3 is 1.94 bits per heavy atom. The highest BCUT2D eigenvalue weighted by atomic mass is 17.1. The monoisotopic (exact) mass is 236 g/mol. The lowest BCUT2D eigenvalue weighted by molar-refractivity contribution is -1.28. The quantitative estimate of drug-likeness (QED) is 0.304. The molecule has 2 N–H and O–H groups in total. The normalized spacial score (nSPS) is 70.0. The van der Waals surface area contributed by atoms with Crippen LogP contribution in [0.25, 0.3) is 0 Å². The molecular weight excluding hydrogens is 220 g/mol. The van der Waals surface area contributed by atoms with Gasteiger partial charge in [-0.2, -0.15) is 10.5 Å². The van der Waals surface area contributed by atoms with E-state index < -0.39 is 0 Å². The molecule has 5 aliphatic rings. The van der Waals surface area contributed by atoms with Crippen LogP contribution in [0.15, 0.2) is 12.2 Å². The molecule has 1 heterocycles. The van der Waals surface area contributed by atoms with Crippen LogP contribution < -0.4 is 10.5 Å². The first kappa shape index (κ1) is 9.47. The van der Waals surface area contributed by atoms with Crippen molar-refractivity contribution in [1.82, 2.24) is 0 Å². The number of quaternary nitrogens is 2. The zero-order valence-electron chi connectivity index (χ0n) is 9.41. The van der Waals surface area contributed by atoms with Gasteiger partial charge in [-0.05, 0) is 41.5 Å². The van der Waals surface area contributed by atoms with Gasteiger partial charge in [0, 0.05) is 11.8 Å². The van der Waals surface area contributed by atoms with Gasteiger partial charge in [0.1, 0.15) is 0 Å². The van der Waals surface area contributed by atoms with Crippen molar-refractivity contribution in [2.24, 2.45) is 35.5 Å². The van der Waals surface area contributed by atoms with E-state index in [-0.39, 0.29) is 22.5 Å². The Bertz CT molecular complexity index is 381. The molecule has 4 aliphatic carbocycles. The van der Waals surface area contributed by atoms with Crippen molar-refractivity contribution in [3.63, 3.8) is 0 Å². The molecule has 10 unspecified atom stereocenters. The first-order chi connectivity index (χ1) is 8.25. The average Bonchev–Trinajstić information content (AvgIpc) is 3.03. The molecular formula is C12H16N2O3. The van der Waals surface area contributed by atoms with E-state index >= 15 is 0 Å². The van der Waals surface area contributed by atoms with E-state index in [9.17, 15) is 10.4 Å². The summed E-state index contributed by atoms with van der Waals surface area (Å²) < 4.78 is 0. The lowest BCUT2D eigenvalue weighted by Crippen LogP contribution is -3.18. The van der Waals surface area contributed by atoms with Crippen LogP contribution in [0, 0.1) is 45.9 Å². The first-order valence-electron chi connectivity index (χ1n) is 6.69. The highest BCUT2D eigenvalue weighted by Gasteiger charge is 2.72. The molecule has 1 aliphatic heterocycles. The van der Waals surface area contributed by atoms with E-state index in [1.54, 1.807) is 0 Å². The molecule has 5 nitrogen and oxygen atoms in total. The number of hydrogen-bond donors (Lipinski definition) is 2. The Labute approximate surface area is 99.1 Å². The largest absolute Gasteiger partial charge is 0.595 e. The summed E-state index contributed by atoms with van der Waals surface area (Å²) in [7, 11) is 0. The van der Waals surface area contributed by atoms with Gasteiger partial charge in [0.25, 0.3) is 0 Å². The fourth-order valence-electron chi connectivity index (χ4n) is 5.92. The minimum atomic E-state index is -0.224. The average molecular weight is 236 g/mol. The van der Waals surface area contributed by atoms with Crippen molar-refractivity contribution >= 4 is 0 Å². The van der Waals surface area contributed by atoms with Crippen molar-refractivity contribution in [3.8, 4) is 0 Å². The van der Waals surface area contributed by atoms with Crippen LogP contribution in [0.4, 0.5) is 0 Å². The summed E-state index contributed by atoms with van der Waals surface area (Å²) in [6, 6.07) is -0.164. The van der Waals surface area contributed by atoms with Gasteiger partial charge in [-0.15, -0.1) is 0 Å². The fourth-order valence-corrected chi connectivity index (χ4v) is 5.92. The Morgan fingerprint density at radius 1 is 0.882 bits per heavy atom. The second-order valence-corrected chi connectivity index (χ2v) is 6.46. The molecule has 0 radical (unpaired) electrons. The zero-order valence-corrected chi connectivity index (χ0v) is 9.41.